The first-order valence-corrected chi connectivity index (χ1v) is 7.72. The SMILES string of the molecule is CCNc1ccc(C(=O)Nc2cc(C)ccc2Br)c(C)c1. The van der Waals surface area contributed by atoms with Crippen LogP contribution < -0.4 is 10.6 Å². The zero-order valence-electron chi connectivity index (χ0n) is 12.5. The lowest BCUT2D eigenvalue weighted by atomic mass is 10.1. The van der Waals surface area contributed by atoms with E-state index in [0.717, 1.165) is 33.5 Å². The molecular weight excluding hydrogens is 328 g/mol. The molecule has 0 aliphatic carbocycles. The van der Waals surface area contributed by atoms with Crippen LogP contribution in [0.3, 0.4) is 0 Å². The molecule has 2 N–H and O–H groups in total. The van der Waals surface area contributed by atoms with E-state index in [9.17, 15) is 4.79 Å². The highest BCUT2D eigenvalue weighted by atomic mass is 79.9. The third kappa shape index (κ3) is 3.85. The highest BCUT2D eigenvalue weighted by Gasteiger charge is 2.11. The molecule has 1 amide bonds. The molecule has 0 saturated heterocycles. The van der Waals surface area contributed by atoms with Gasteiger partial charge in [0, 0.05) is 22.3 Å². The van der Waals surface area contributed by atoms with Crippen molar-refractivity contribution in [1.82, 2.24) is 0 Å². The largest absolute Gasteiger partial charge is 0.385 e. The van der Waals surface area contributed by atoms with Gasteiger partial charge in [-0.25, -0.2) is 0 Å². The Balaban J connectivity index is 2.22. The molecule has 2 aromatic rings. The van der Waals surface area contributed by atoms with Gasteiger partial charge in [-0.2, -0.15) is 0 Å². The minimum Gasteiger partial charge on any atom is -0.385 e. The maximum atomic E-state index is 12.4. The van der Waals surface area contributed by atoms with E-state index >= 15 is 0 Å². The molecule has 110 valence electrons. The van der Waals surface area contributed by atoms with Gasteiger partial charge in [-0.15, -0.1) is 0 Å². The molecule has 21 heavy (non-hydrogen) atoms. The number of hydrogen-bond donors (Lipinski definition) is 2. The van der Waals surface area contributed by atoms with Gasteiger partial charge in [-0.05, 0) is 78.2 Å². The van der Waals surface area contributed by atoms with Crippen LogP contribution in [0.1, 0.15) is 28.4 Å². The van der Waals surface area contributed by atoms with E-state index in [4.69, 9.17) is 0 Å². The second-order valence-corrected chi connectivity index (χ2v) is 5.85. The van der Waals surface area contributed by atoms with Crippen molar-refractivity contribution in [3.8, 4) is 0 Å². The molecule has 2 rings (SSSR count). The van der Waals surface area contributed by atoms with Gasteiger partial charge < -0.3 is 10.6 Å². The van der Waals surface area contributed by atoms with Gasteiger partial charge in [0.05, 0.1) is 5.69 Å². The molecule has 0 unspecified atom stereocenters. The molecule has 0 fully saturated rings. The summed E-state index contributed by atoms with van der Waals surface area (Å²) in [6.45, 7) is 6.85. The van der Waals surface area contributed by atoms with Crippen LogP contribution in [0.15, 0.2) is 40.9 Å². The quantitative estimate of drug-likeness (QED) is 0.838. The first-order valence-electron chi connectivity index (χ1n) is 6.93. The molecule has 0 atom stereocenters. The number of carbonyl (C=O) groups is 1. The number of halogens is 1. The molecule has 0 aromatic heterocycles. The topological polar surface area (TPSA) is 41.1 Å². The van der Waals surface area contributed by atoms with Crippen molar-refractivity contribution >= 4 is 33.2 Å². The molecule has 0 aliphatic heterocycles. The first-order chi connectivity index (χ1) is 10.0. The third-order valence-corrected chi connectivity index (χ3v) is 3.91. The van der Waals surface area contributed by atoms with Crippen molar-refractivity contribution in [1.29, 1.82) is 0 Å². The Bertz CT molecular complexity index is 668. The number of benzene rings is 2. The molecule has 0 spiro atoms. The van der Waals surface area contributed by atoms with Gasteiger partial charge in [-0.3, -0.25) is 4.79 Å². The molecular formula is C17H19BrN2O. The van der Waals surface area contributed by atoms with Crippen LogP contribution in [0.25, 0.3) is 0 Å². The van der Waals surface area contributed by atoms with Crippen molar-refractivity contribution in [3.63, 3.8) is 0 Å². The van der Waals surface area contributed by atoms with Crippen molar-refractivity contribution < 1.29 is 4.79 Å². The predicted molar refractivity (Wildman–Crippen MR) is 92.2 cm³/mol. The van der Waals surface area contributed by atoms with Crippen LogP contribution in [0.5, 0.6) is 0 Å². The average Bonchev–Trinajstić information content (AvgIpc) is 2.43. The van der Waals surface area contributed by atoms with Crippen molar-refractivity contribution in [3.05, 3.63) is 57.6 Å². The van der Waals surface area contributed by atoms with E-state index in [1.165, 1.54) is 0 Å². The standard InChI is InChI=1S/C17H19BrN2O/c1-4-19-13-6-7-14(12(3)10-13)17(21)20-16-9-11(2)5-8-15(16)18/h5-10,19H,4H2,1-3H3,(H,20,21). The van der Waals surface area contributed by atoms with Crippen molar-refractivity contribution in [2.45, 2.75) is 20.8 Å². The van der Waals surface area contributed by atoms with Gasteiger partial charge >= 0.3 is 0 Å². The van der Waals surface area contributed by atoms with E-state index in [1.54, 1.807) is 0 Å². The Labute approximate surface area is 133 Å². The van der Waals surface area contributed by atoms with Gasteiger partial charge in [0.15, 0.2) is 0 Å². The molecule has 4 heteroatoms. The highest BCUT2D eigenvalue weighted by molar-refractivity contribution is 9.10. The summed E-state index contributed by atoms with van der Waals surface area (Å²) in [5.74, 6) is -0.0955. The minimum absolute atomic E-state index is 0.0955. The molecule has 0 heterocycles. The van der Waals surface area contributed by atoms with Crippen molar-refractivity contribution in [2.75, 3.05) is 17.2 Å². The Kier molecular flexibility index (Phi) is 5.02. The normalized spacial score (nSPS) is 10.3. The third-order valence-electron chi connectivity index (χ3n) is 3.22. The lowest BCUT2D eigenvalue weighted by Crippen LogP contribution is -2.14. The average molecular weight is 347 g/mol. The monoisotopic (exact) mass is 346 g/mol. The fourth-order valence-corrected chi connectivity index (χ4v) is 2.50. The molecule has 0 saturated carbocycles. The van der Waals surface area contributed by atoms with Crippen LogP contribution in [0.4, 0.5) is 11.4 Å². The number of amides is 1. The number of rotatable bonds is 4. The number of nitrogens with one attached hydrogen (secondary N) is 2. The Morgan fingerprint density at radius 2 is 1.90 bits per heavy atom. The second-order valence-electron chi connectivity index (χ2n) is 5.00. The molecule has 0 bridgehead atoms. The van der Waals surface area contributed by atoms with Gasteiger partial charge in [0.2, 0.25) is 0 Å². The fraction of sp³-hybridized carbons (Fsp3) is 0.235. The number of carbonyl (C=O) groups excluding carboxylic acids is 1. The summed E-state index contributed by atoms with van der Waals surface area (Å²) in [4.78, 5) is 12.4. The second kappa shape index (κ2) is 6.76. The predicted octanol–water partition coefficient (Wildman–Crippen LogP) is 4.75. The molecule has 2 aromatic carbocycles. The summed E-state index contributed by atoms with van der Waals surface area (Å²) in [6.07, 6.45) is 0. The molecule has 0 radical (unpaired) electrons. The highest BCUT2D eigenvalue weighted by Crippen LogP contribution is 2.24. The Hall–Kier alpha value is -1.81. The summed E-state index contributed by atoms with van der Waals surface area (Å²) < 4.78 is 0.878. The number of hydrogen-bond acceptors (Lipinski definition) is 2. The van der Waals surface area contributed by atoms with E-state index in [0.29, 0.717) is 5.56 Å². The van der Waals surface area contributed by atoms with E-state index in [-0.39, 0.29) is 5.91 Å². The van der Waals surface area contributed by atoms with E-state index in [2.05, 4.69) is 26.6 Å². The van der Waals surface area contributed by atoms with Crippen LogP contribution in [-0.2, 0) is 0 Å². The van der Waals surface area contributed by atoms with Crippen LogP contribution in [0, 0.1) is 13.8 Å². The van der Waals surface area contributed by atoms with Gasteiger partial charge in [0.1, 0.15) is 0 Å². The summed E-state index contributed by atoms with van der Waals surface area (Å²) in [7, 11) is 0. The summed E-state index contributed by atoms with van der Waals surface area (Å²) in [6, 6.07) is 11.7. The van der Waals surface area contributed by atoms with Gasteiger partial charge in [0.25, 0.3) is 5.91 Å². The lowest BCUT2D eigenvalue weighted by molar-refractivity contribution is 0.102. The first kappa shape index (κ1) is 15.6. The van der Waals surface area contributed by atoms with Crippen LogP contribution >= 0.6 is 15.9 Å². The van der Waals surface area contributed by atoms with Gasteiger partial charge in [-0.1, -0.05) is 6.07 Å². The lowest BCUT2D eigenvalue weighted by Gasteiger charge is -2.11. The smallest absolute Gasteiger partial charge is 0.255 e. The Morgan fingerprint density at radius 1 is 1.14 bits per heavy atom. The zero-order valence-corrected chi connectivity index (χ0v) is 14.0. The summed E-state index contributed by atoms with van der Waals surface area (Å²) in [5, 5.41) is 6.19. The van der Waals surface area contributed by atoms with Crippen molar-refractivity contribution in [2.24, 2.45) is 0 Å². The minimum atomic E-state index is -0.0955. The number of aryl methyl sites for hydroxylation is 2. The summed E-state index contributed by atoms with van der Waals surface area (Å²) >= 11 is 3.46. The maximum Gasteiger partial charge on any atom is 0.255 e. The number of anilines is 2. The molecule has 3 nitrogen and oxygen atoms in total. The van der Waals surface area contributed by atoms with Crippen LogP contribution in [0.2, 0.25) is 0 Å². The summed E-state index contributed by atoms with van der Waals surface area (Å²) in [5.41, 5.74) is 4.56. The maximum absolute atomic E-state index is 12.4. The fourth-order valence-electron chi connectivity index (χ4n) is 2.16. The zero-order chi connectivity index (χ0) is 15.4. The molecule has 0 aliphatic rings. The van der Waals surface area contributed by atoms with E-state index in [1.807, 2.05) is 57.2 Å². The van der Waals surface area contributed by atoms with Crippen LogP contribution in [-0.4, -0.2) is 12.5 Å². The van der Waals surface area contributed by atoms with E-state index < -0.39 is 0 Å². The Morgan fingerprint density at radius 3 is 2.57 bits per heavy atom.